The molecular weight excluding hydrogens is 452 g/mol. The topological polar surface area (TPSA) is 81.7 Å². The van der Waals surface area contributed by atoms with Crippen molar-refractivity contribution in [2.45, 2.75) is 38.0 Å². The molecular formula is C27H31F2N3O3. The van der Waals surface area contributed by atoms with Crippen molar-refractivity contribution in [3.8, 4) is 0 Å². The summed E-state index contributed by atoms with van der Waals surface area (Å²) in [6.45, 7) is 1.53. The van der Waals surface area contributed by atoms with Crippen LogP contribution < -0.4 is 10.6 Å². The fourth-order valence-electron chi connectivity index (χ4n) is 3.98. The average Bonchev–Trinajstić information content (AvgIpc) is 2.85. The summed E-state index contributed by atoms with van der Waals surface area (Å²) in [4.78, 5) is 27.7. The Morgan fingerprint density at radius 3 is 2.26 bits per heavy atom. The van der Waals surface area contributed by atoms with Crippen LogP contribution in [-0.2, 0) is 22.4 Å². The molecule has 3 rings (SSSR count). The monoisotopic (exact) mass is 483 g/mol. The Kier molecular flexibility index (Phi) is 8.89. The lowest BCUT2D eigenvalue weighted by molar-refractivity contribution is -0.140. The van der Waals surface area contributed by atoms with Crippen LogP contribution in [0.2, 0.25) is 0 Å². The highest BCUT2D eigenvalue weighted by atomic mass is 19.2. The number of rotatable bonds is 10. The maximum absolute atomic E-state index is 13.8. The van der Waals surface area contributed by atoms with E-state index < -0.39 is 35.7 Å². The Bertz CT molecular complexity index is 1190. The maximum Gasteiger partial charge on any atom is 0.243 e. The van der Waals surface area contributed by atoms with Gasteiger partial charge in [0.25, 0.3) is 0 Å². The zero-order chi connectivity index (χ0) is 25.5. The van der Waals surface area contributed by atoms with Gasteiger partial charge in [0.2, 0.25) is 11.8 Å². The van der Waals surface area contributed by atoms with Crippen molar-refractivity contribution >= 4 is 22.6 Å². The predicted octanol–water partition coefficient (Wildman–Crippen LogP) is 2.82. The first kappa shape index (κ1) is 26.2. The molecule has 0 fully saturated rings. The third kappa shape index (κ3) is 6.83. The van der Waals surface area contributed by atoms with E-state index in [0.29, 0.717) is 12.0 Å². The van der Waals surface area contributed by atoms with E-state index in [0.717, 1.165) is 28.5 Å². The smallest absolute Gasteiger partial charge is 0.243 e. The molecule has 0 heterocycles. The molecule has 8 heteroatoms. The molecule has 0 radical (unpaired) electrons. The van der Waals surface area contributed by atoms with Gasteiger partial charge in [-0.3, -0.25) is 9.59 Å². The Hall–Kier alpha value is -3.36. The Balaban J connectivity index is 1.81. The molecule has 0 spiro atoms. The molecule has 0 unspecified atom stereocenters. The third-order valence-corrected chi connectivity index (χ3v) is 6.00. The molecule has 6 nitrogen and oxygen atoms in total. The number of benzene rings is 3. The van der Waals surface area contributed by atoms with E-state index in [9.17, 15) is 23.5 Å². The molecule has 0 saturated carbocycles. The number of aliphatic hydroxyl groups excluding tert-OH is 1. The SMILES string of the molecule is CN[C@H](Cc1ccc2ccccc2c1)C(=O)N(C)[C@H](Cc1ccc(F)c(F)c1)C(=O)NC[C@H](C)O. The summed E-state index contributed by atoms with van der Waals surface area (Å²) in [7, 11) is 3.19. The fourth-order valence-corrected chi connectivity index (χ4v) is 3.98. The molecule has 186 valence electrons. The minimum absolute atomic E-state index is 0.00168. The number of amides is 2. The molecule has 3 N–H and O–H groups in total. The fraction of sp³-hybridized carbons (Fsp3) is 0.333. The number of nitrogens with zero attached hydrogens (tertiary/aromatic N) is 1. The Labute approximate surface area is 203 Å². The number of carbonyl (C=O) groups excluding carboxylic acids is 2. The van der Waals surface area contributed by atoms with Crippen molar-refractivity contribution in [2.24, 2.45) is 0 Å². The summed E-state index contributed by atoms with van der Waals surface area (Å²) < 4.78 is 27.2. The second-order valence-electron chi connectivity index (χ2n) is 8.74. The number of carbonyl (C=O) groups is 2. The number of likely N-dealkylation sites (N-methyl/N-ethyl adjacent to an activating group) is 2. The number of hydrogen-bond donors (Lipinski definition) is 3. The van der Waals surface area contributed by atoms with Crippen molar-refractivity contribution in [3.05, 3.63) is 83.4 Å². The molecule has 0 aliphatic rings. The number of aliphatic hydroxyl groups is 1. The molecule has 0 aromatic heterocycles. The van der Waals surface area contributed by atoms with Crippen LogP contribution in [0.1, 0.15) is 18.1 Å². The average molecular weight is 484 g/mol. The van der Waals surface area contributed by atoms with Crippen LogP contribution in [0.3, 0.4) is 0 Å². The highest BCUT2D eigenvalue weighted by molar-refractivity contribution is 5.90. The van der Waals surface area contributed by atoms with Crippen LogP contribution in [0.25, 0.3) is 10.8 Å². The van der Waals surface area contributed by atoms with E-state index in [1.807, 2.05) is 42.5 Å². The van der Waals surface area contributed by atoms with Crippen molar-refractivity contribution in [1.82, 2.24) is 15.5 Å². The van der Waals surface area contributed by atoms with Gasteiger partial charge in [-0.25, -0.2) is 8.78 Å². The van der Waals surface area contributed by atoms with Crippen LogP contribution in [0, 0.1) is 11.6 Å². The summed E-state index contributed by atoms with van der Waals surface area (Å²) >= 11 is 0. The zero-order valence-electron chi connectivity index (χ0n) is 20.1. The zero-order valence-corrected chi connectivity index (χ0v) is 20.1. The standard InChI is InChI=1S/C27H31F2N3O3/c1-17(33)16-31-26(34)25(15-19-9-11-22(28)23(29)13-19)32(3)27(35)24(30-2)14-18-8-10-20-6-4-5-7-21(20)12-18/h4-13,17,24-25,30,33H,14-16H2,1-3H3,(H,31,34)/t17-,24+,25+/m0/s1. The van der Waals surface area contributed by atoms with Crippen LogP contribution in [0.4, 0.5) is 8.78 Å². The second kappa shape index (κ2) is 11.9. The summed E-state index contributed by atoms with van der Waals surface area (Å²) in [5.74, 6) is -2.82. The molecule has 3 atom stereocenters. The molecule has 3 aromatic carbocycles. The largest absolute Gasteiger partial charge is 0.392 e. The highest BCUT2D eigenvalue weighted by Crippen LogP contribution is 2.18. The van der Waals surface area contributed by atoms with Crippen LogP contribution in [0.15, 0.2) is 60.7 Å². The maximum atomic E-state index is 13.8. The van der Waals surface area contributed by atoms with E-state index in [4.69, 9.17) is 0 Å². The van der Waals surface area contributed by atoms with Gasteiger partial charge < -0.3 is 20.6 Å². The van der Waals surface area contributed by atoms with Gasteiger partial charge in [-0.15, -0.1) is 0 Å². The molecule has 35 heavy (non-hydrogen) atoms. The van der Waals surface area contributed by atoms with E-state index in [1.165, 1.54) is 24.9 Å². The Morgan fingerprint density at radius 2 is 1.60 bits per heavy atom. The van der Waals surface area contributed by atoms with Gasteiger partial charge >= 0.3 is 0 Å². The summed E-state index contributed by atoms with van der Waals surface area (Å²) in [6, 6.07) is 15.7. The third-order valence-electron chi connectivity index (χ3n) is 6.00. The van der Waals surface area contributed by atoms with Crippen molar-refractivity contribution < 1.29 is 23.5 Å². The first-order valence-corrected chi connectivity index (χ1v) is 11.5. The first-order chi connectivity index (χ1) is 16.7. The summed E-state index contributed by atoms with van der Waals surface area (Å²) in [5, 5.41) is 17.4. The van der Waals surface area contributed by atoms with E-state index >= 15 is 0 Å². The van der Waals surface area contributed by atoms with Gasteiger partial charge in [0.1, 0.15) is 6.04 Å². The first-order valence-electron chi connectivity index (χ1n) is 11.5. The normalized spacial score (nSPS) is 13.8. The van der Waals surface area contributed by atoms with Gasteiger partial charge in [0, 0.05) is 20.0 Å². The quantitative estimate of drug-likeness (QED) is 0.414. The number of halogens is 2. The van der Waals surface area contributed by atoms with Crippen molar-refractivity contribution in [1.29, 1.82) is 0 Å². The molecule has 0 aliphatic carbocycles. The van der Waals surface area contributed by atoms with E-state index in [2.05, 4.69) is 10.6 Å². The lowest BCUT2D eigenvalue weighted by Gasteiger charge is -2.31. The lowest BCUT2D eigenvalue weighted by atomic mass is 9.99. The van der Waals surface area contributed by atoms with Crippen LogP contribution in [0.5, 0.6) is 0 Å². The minimum atomic E-state index is -1.02. The summed E-state index contributed by atoms with van der Waals surface area (Å²) in [6.07, 6.45) is -0.392. The van der Waals surface area contributed by atoms with Gasteiger partial charge in [0.15, 0.2) is 11.6 Å². The highest BCUT2D eigenvalue weighted by Gasteiger charge is 2.31. The lowest BCUT2D eigenvalue weighted by Crippen LogP contribution is -2.54. The van der Waals surface area contributed by atoms with E-state index in [1.54, 1.807) is 7.05 Å². The van der Waals surface area contributed by atoms with Crippen LogP contribution >= 0.6 is 0 Å². The van der Waals surface area contributed by atoms with Crippen molar-refractivity contribution in [3.63, 3.8) is 0 Å². The Morgan fingerprint density at radius 1 is 0.943 bits per heavy atom. The number of nitrogens with one attached hydrogen (secondary N) is 2. The molecule has 3 aromatic rings. The molecule has 0 aliphatic heterocycles. The minimum Gasteiger partial charge on any atom is -0.392 e. The van der Waals surface area contributed by atoms with Crippen molar-refractivity contribution in [2.75, 3.05) is 20.6 Å². The molecule has 0 bridgehead atoms. The van der Waals surface area contributed by atoms with Gasteiger partial charge in [-0.05, 0) is 54.4 Å². The van der Waals surface area contributed by atoms with Gasteiger partial charge in [-0.2, -0.15) is 0 Å². The molecule has 0 saturated heterocycles. The van der Waals surface area contributed by atoms with Gasteiger partial charge in [-0.1, -0.05) is 48.5 Å². The van der Waals surface area contributed by atoms with Gasteiger partial charge in [0.05, 0.1) is 12.1 Å². The van der Waals surface area contributed by atoms with Crippen LogP contribution in [-0.4, -0.2) is 60.6 Å². The number of hydrogen-bond acceptors (Lipinski definition) is 4. The number of fused-ring (bicyclic) bond motifs is 1. The summed E-state index contributed by atoms with van der Waals surface area (Å²) in [5.41, 5.74) is 1.33. The molecule has 2 amide bonds. The van der Waals surface area contributed by atoms with E-state index in [-0.39, 0.29) is 18.9 Å². The predicted molar refractivity (Wildman–Crippen MR) is 132 cm³/mol. The second-order valence-corrected chi connectivity index (χ2v) is 8.74.